The zero-order valence-electron chi connectivity index (χ0n) is 10.5. The van der Waals surface area contributed by atoms with E-state index in [0.717, 1.165) is 4.68 Å². The summed E-state index contributed by atoms with van der Waals surface area (Å²) in [6.07, 6.45) is 0. The van der Waals surface area contributed by atoms with Crippen molar-refractivity contribution in [1.29, 1.82) is 0 Å². The van der Waals surface area contributed by atoms with Gasteiger partial charge in [-0.05, 0) is 43.4 Å². The number of nitrogens with one attached hydrogen (secondary N) is 2. The summed E-state index contributed by atoms with van der Waals surface area (Å²) in [4.78, 5) is 12.0. The zero-order valence-corrected chi connectivity index (χ0v) is 11.3. The van der Waals surface area contributed by atoms with Crippen LogP contribution in [-0.2, 0) is 0 Å². The molecule has 2 rings (SSSR count). The van der Waals surface area contributed by atoms with Crippen LogP contribution < -0.4 is 16.8 Å². The molecule has 0 spiro atoms. The largest absolute Gasteiger partial charge is 0.508 e. The number of nitrogens with zero attached hydrogens (tertiary/aromatic N) is 3. The molecule has 0 bridgehead atoms. The van der Waals surface area contributed by atoms with Crippen LogP contribution in [0.2, 0.25) is 0 Å². The maximum absolute atomic E-state index is 12.0. The van der Waals surface area contributed by atoms with Crippen LogP contribution in [0.3, 0.4) is 0 Å². The highest BCUT2D eigenvalue weighted by molar-refractivity contribution is 7.80. The van der Waals surface area contributed by atoms with Crippen LogP contribution in [-0.4, -0.2) is 20.0 Å². The molecule has 0 aliphatic heterocycles. The summed E-state index contributed by atoms with van der Waals surface area (Å²) in [5, 5.41) is 19.7. The van der Waals surface area contributed by atoms with Crippen LogP contribution in [0, 0.1) is 6.92 Å². The number of hydrazine groups is 1. The molecule has 2 aromatic rings. The Kier molecular flexibility index (Phi) is 3.91. The molecule has 0 aliphatic rings. The lowest BCUT2D eigenvalue weighted by Crippen LogP contribution is -2.39. The van der Waals surface area contributed by atoms with E-state index in [1.54, 1.807) is 19.1 Å². The second-order valence-corrected chi connectivity index (χ2v) is 4.28. The van der Waals surface area contributed by atoms with Crippen molar-refractivity contribution in [2.75, 3.05) is 0 Å². The van der Waals surface area contributed by atoms with Gasteiger partial charge in [-0.3, -0.25) is 15.3 Å². The molecule has 1 aromatic carbocycles. The van der Waals surface area contributed by atoms with Crippen molar-refractivity contribution in [1.82, 2.24) is 15.2 Å². The Bertz CT molecular complexity index is 716. The summed E-state index contributed by atoms with van der Waals surface area (Å²) in [6, 6.07) is 6.10. The van der Waals surface area contributed by atoms with Gasteiger partial charge in [0.25, 0.3) is 0 Å². The van der Waals surface area contributed by atoms with Gasteiger partial charge in [-0.1, -0.05) is 0 Å². The minimum atomic E-state index is -0.451. The molecule has 0 aliphatic carbocycles. The van der Waals surface area contributed by atoms with Gasteiger partial charge in [-0.15, -0.1) is 5.11 Å². The fourth-order valence-corrected chi connectivity index (χ4v) is 1.62. The number of aromatic nitrogens is 2. The molecule has 5 N–H and O–H groups in total. The SMILES string of the molecule is Cc1[nH]n(C(=S)NN)c(=O)c1N=Nc1ccc(O)cc1. The molecule has 0 unspecified atom stereocenters. The highest BCUT2D eigenvalue weighted by atomic mass is 32.1. The van der Waals surface area contributed by atoms with E-state index in [1.165, 1.54) is 12.1 Å². The summed E-state index contributed by atoms with van der Waals surface area (Å²) in [5.74, 6) is 5.29. The number of aromatic hydroxyl groups is 1. The average molecular weight is 292 g/mol. The lowest BCUT2D eigenvalue weighted by atomic mass is 10.3. The summed E-state index contributed by atoms with van der Waals surface area (Å²) in [6.45, 7) is 1.67. The normalized spacial score (nSPS) is 10.9. The minimum absolute atomic E-state index is 0.0317. The predicted octanol–water partition coefficient (Wildman–Crippen LogP) is 1.20. The van der Waals surface area contributed by atoms with Crippen molar-refractivity contribution >= 4 is 28.7 Å². The number of benzene rings is 1. The van der Waals surface area contributed by atoms with Crippen LogP contribution in [0.5, 0.6) is 5.75 Å². The molecule has 0 saturated heterocycles. The second kappa shape index (κ2) is 5.63. The monoisotopic (exact) mass is 292 g/mol. The van der Waals surface area contributed by atoms with E-state index >= 15 is 0 Å². The molecule has 0 atom stereocenters. The van der Waals surface area contributed by atoms with E-state index in [2.05, 4.69) is 20.8 Å². The lowest BCUT2D eigenvalue weighted by molar-refractivity contribution is 0.475. The van der Waals surface area contributed by atoms with Crippen LogP contribution in [0.1, 0.15) is 5.69 Å². The third-order valence-corrected chi connectivity index (χ3v) is 2.78. The molecule has 0 radical (unpaired) electrons. The van der Waals surface area contributed by atoms with E-state index in [1.807, 2.05) is 0 Å². The topological polar surface area (TPSA) is 121 Å². The number of hydrogen-bond acceptors (Lipinski definition) is 6. The number of aryl methyl sites for hydroxylation is 1. The highest BCUT2D eigenvalue weighted by Crippen LogP contribution is 2.20. The van der Waals surface area contributed by atoms with Crippen LogP contribution >= 0.6 is 12.2 Å². The van der Waals surface area contributed by atoms with Crippen molar-refractivity contribution in [2.45, 2.75) is 6.92 Å². The van der Waals surface area contributed by atoms with Crippen LogP contribution in [0.4, 0.5) is 11.4 Å². The van der Waals surface area contributed by atoms with Gasteiger partial charge in [-0.2, -0.15) is 9.80 Å². The number of aromatic amines is 1. The van der Waals surface area contributed by atoms with Crippen molar-refractivity contribution in [3.05, 3.63) is 40.3 Å². The fourth-order valence-electron chi connectivity index (χ4n) is 1.49. The standard InChI is InChI=1S/C11H12N6O2S/c1-6-9(10(19)17(16-6)11(20)13-12)15-14-7-2-4-8(18)5-3-7/h2-5,16,18H,12H2,1H3,(H,13,20). The summed E-state index contributed by atoms with van der Waals surface area (Å²) < 4.78 is 1.07. The Hall–Kier alpha value is -2.52. The quantitative estimate of drug-likeness (QED) is 0.287. The smallest absolute Gasteiger partial charge is 0.301 e. The maximum Gasteiger partial charge on any atom is 0.301 e. The molecule has 8 nitrogen and oxygen atoms in total. The van der Waals surface area contributed by atoms with Crippen molar-refractivity contribution in [2.24, 2.45) is 16.1 Å². The zero-order chi connectivity index (χ0) is 14.7. The number of rotatable bonds is 2. The number of azo groups is 1. The molecular weight excluding hydrogens is 280 g/mol. The van der Waals surface area contributed by atoms with Gasteiger partial charge >= 0.3 is 5.56 Å². The molecule has 0 fully saturated rings. The van der Waals surface area contributed by atoms with E-state index in [4.69, 9.17) is 23.2 Å². The molecule has 104 valence electrons. The van der Waals surface area contributed by atoms with E-state index in [-0.39, 0.29) is 16.5 Å². The van der Waals surface area contributed by atoms with Crippen molar-refractivity contribution in [3.8, 4) is 5.75 Å². The van der Waals surface area contributed by atoms with Gasteiger partial charge in [0.05, 0.1) is 11.4 Å². The summed E-state index contributed by atoms with van der Waals surface area (Å²) in [7, 11) is 0. The summed E-state index contributed by atoms with van der Waals surface area (Å²) >= 11 is 4.87. The molecule has 20 heavy (non-hydrogen) atoms. The third-order valence-electron chi connectivity index (χ3n) is 2.48. The first-order valence-corrected chi connectivity index (χ1v) is 5.97. The van der Waals surface area contributed by atoms with E-state index in [9.17, 15) is 4.79 Å². The number of H-pyrrole nitrogens is 1. The molecule has 0 saturated carbocycles. The van der Waals surface area contributed by atoms with Gasteiger partial charge < -0.3 is 5.11 Å². The Morgan fingerprint density at radius 2 is 2.05 bits per heavy atom. The first kappa shape index (κ1) is 13.9. The number of phenolic OH excluding ortho intramolecular Hbond substituents is 1. The van der Waals surface area contributed by atoms with E-state index < -0.39 is 5.56 Å². The van der Waals surface area contributed by atoms with Gasteiger partial charge in [0.15, 0.2) is 5.69 Å². The average Bonchev–Trinajstić information content (AvgIpc) is 2.73. The molecule has 1 heterocycles. The number of thiocarbonyl (C=S) groups is 1. The molecule has 9 heteroatoms. The Morgan fingerprint density at radius 1 is 1.40 bits per heavy atom. The third kappa shape index (κ3) is 2.73. The maximum atomic E-state index is 12.0. The molecular formula is C11H12N6O2S. The number of phenols is 1. The van der Waals surface area contributed by atoms with Gasteiger partial charge in [-0.25, -0.2) is 5.84 Å². The number of nitrogens with two attached hydrogens (primary N) is 1. The highest BCUT2D eigenvalue weighted by Gasteiger charge is 2.12. The first-order valence-electron chi connectivity index (χ1n) is 5.56. The van der Waals surface area contributed by atoms with Gasteiger partial charge in [0.1, 0.15) is 5.75 Å². The minimum Gasteiger partial charge on any atom is -0.508 e. The predicted molar refractivity (Wildman–Crippen MR) is 77.4 cm³/mol. The van der Waals surface area contributed by atoms with Crippen LogP contribution in [0.15, 0.2) is 39.3 Å². The molecule has 1 aromatic heterocycles. The van der Waals surface area contributed by atoms with Crippen molar-refractivity contribution in [3.63, 3.8) is 0 Å². The Morgan fingerprint density at radius 3 is 2.65 bits per heavy atom. The Labute approximate surface area is 118 Å². The first-order chi connectivity index (χ1) is 9.52. The van der Waals surface area contributed by atoms with Gasteiger partial charge in [0.2, 0.25) is 5.11 Å². The van der Waals surface area contributed by atoms with Gasteiger partial charge in [0, 0.05) is 0 Å². The molecule has 0 amide bonds. The lowest BCUT2D eigenvalue weighted by Gasteiger charge is -1.99. The fraction of sp³-hybridized carbons (Fsp3) is 0.0909. The van der Waals surface area contributed by atoms with E-state index in [0.29, 0.717) is 11.4 Å². The van der Waals surface area contributed by atoms with Crippen LogP contribution in [0.25, 0.3) is 0 Å². The number of hydrogen-bond donors (Lipinski definition) is 4. The second-order valence-electron chi connectivity index (χ2n) is 3.89. The Balaban J connectivity index is 2.34. The van der Waals surface area contributed by atoms with Crippen molar-refractivity contribution < 1.29 is 5.11 Å². The summed E-state index contributed by atoms with van der Waals surface area (Å²) in [5.41, 5.74) is 2.91.